The lowest BCUT2D eigenvalue weighted by atomic mass is 10.1. The van der Waals surface area contributed by atoms with Gasteiger partial charge in [-0.2, -0.15) is 0 Å². The van der Waals surface area contributed by atoms with Crippen LogP contribution in [-0.2, 0) is 4.79 Å². The van der Waals surface area contributed by atoms with Crippen LogP contribution in [-0.4, -0.2) is 26.1 Å². The number of ether oxygens (including phenoxy) is 1. The van der Waals surface area contributed by atoms with Crippen molar-refractivity contribution in [3.63, 3.8) is 0 Å². The smallest absolute Gasteiger partial charge is 0.229 e. The second kappa shape index (κ2) is 7.09. The minimum Gasteiger partial charge on any atom is -0.491 e. The fourth-order valence-corrected chi connectivity index (χ4v) is 1.80. The number of benzene rings is 1. The van der Waals surface area contributed by atoms with Crippen molar-refractivity contribution in [3.8, 4) is 5.75 Å². The molecule has 0 spiro atoms. The largest absolute Gasteiger partial charge is 0.491 e. The Bertz CT molecular complexity index is 437. The minimum atomic E-state index is -0.467. The molecule has 0 saturated carbocycles. The van der Waals surface area contributed by atoms with Gasteiger partial charge < -0.3 is 15.4 Å². The molecule has 5 heteroatoms. The van der Waals surface area contributed by atoms with Crippen molar-refractivity contribution in [2.45, 2.75) is 20.3 Å². The van der Waals surface area contributed by atoms with Crippen LogP contribution in [0.25, 0.3) is 0 Å². The van der Waals surface area contributed by atoms with Crippen molar-refractivity contribution in [2.24, 2.45) is 11.7 Å². The Labute approximate surface area is 113 Å². The Morgan fingerprint density at radius 1 is 1.53 bits per heavy atom. The Kier molecular flexibility index (Phi) is 5.76. The molecule has 1 atom stereocenters. The van der Waals surface area contributed by atoms with Gasteiger partial charge >= 0.3 is 0 Å². The van der Waals surface area contributed by atoms with Crippen molar-refractivity contribution < 1.29 is 13.9 Å². The maximum Gasteiger partial charge on any atom is 0.229 e. The van der Waals surface area contributed by atoms with E-state index in [9.17, 15) is 9.18 Å². The quantitative estimate of drug-likeness (QED) is 0.860. The average molecular weight is 268 g/mol. The molecule has 0 radical (unpaired) electrons. The second-order valence-corrected chi connectivity index (χ2v) is 4.42. The molecule has 1 aromatic rings. The van der Waals surface area contributed by atoms with E-state index in [1.807, 2.05) is 6.92 Å². The number of hydrogen-bond acceptors (Lipinski definition) is 3. The molecule has 0 aliphatic rings. The molecule has 0 aromatic heterocycles. The molecule has 0 aliphatic carbocycles. The third kappa shape index (κ3) is 3.92. The maximum absolute atomic E-state index is 13.7. The third-order valence-corrected chi connectivity index (χ3v) is 2.95. The van der Waals surface area contributed by atoms with E-state index in [0.717, 1.165) is 0 Å². The number of carbonyl (C=O) groups excluding carboxylic acids is 1. The van der Waals surface area contributed by atoms with Crippen molar-refractivity contribution in [1.29, 1.82) is 0 Å². The Balaban J connectivity index is 2.85. The van der Waals surface area contributed by atoms with Gasteiger partial charge in [-0.05, 0) is 32.0 Å². The number of nitrogens with two attached hydrogens (primary N) is 1. The van der Waals surface area contributed by atoms with E-state index < -0.39 is 5.82 Å². The van der Waals surface area contributed by atoms with Crippen LogP contribution in [0.15, 0.2) is 18.2 Å². The van der Waals surface area contributed by atoms with Gasteiger partial charge in [-0.1, -0.05) is 6.92 Å². The summed E-state index contributed by atoms with van der Waals surface area (Å²) in [6.07, 6.45) is 0.614. The number of anilines is 1. The van der Waals surface area contributed by atoms with Crippen LogP contribution in [0.4, 0.5) is 10.1 Å². The molecule has 0 fully saturated rings. The zero-order valence-corrected chi connectivity index (χ0v) is 11.6. The molecular formula is C14H21FN2O2. The van der Waals surface area contributed by atoms with Crippen LogP contribution in [0.2, 0.25) is 0 Å². The summed E-state index contributed by atoms with van der Waals surface area (Å²) in [5.74, 6) is -0.522. The summed E-state index contributed by atoms with van der Waals surface area (Å²) >= 11 is 0. The van der Waals surface area contributed by atoms with E-state index >= 15 is 0 Å². The van der Waals surface area contributed by atoms with Gasteiger partial charge in [0.2, 0.25) is 5.91 Å². The van der Waals surface area contributed by atoms with Crippen LogP contribution in [0.1, 0.15) is 20.3 Å². The van der Waals surface area contributed by atoms with Gasteiger partial charge in [0, 0.05) is 24.7 Å². The lowest BCUT2D eigenvalue weighted by Crippen LogP contribution is -2.32. The highest BCUT2D eigenvalue weighted by atomic mass is 19.1. The molecule has 2 N–H and O–H groups in total. The van der Waals surface area contributed by atoms with Gasteiger partial charge in [-0.15, -0.1) is 0 Å². The normalized spacial score (nSPS) is 12.1. The average Bonchev–Trinajstić information content (AvgIpc) is 2.40. The van der Waals surface area contributed by atoms with Crippen LogP contribution >= 0.6 is 0 Å². The molecule has 0 bridgehead atoms. The number of nitrogens with zero attached hydrogens (tertiary/aromatic N) is 1. The van der Waals surface area contributed by atoms with Crippen LogP contribution in [0.3, 0.4) is 0 Å². The maximum atomic E-state index is 13.7. The Morgan fingerprint density at radius 3 is 2.74 bits per heavy atom. The van der Waals surface area contributed by atoms with Gasteiger partial charge in [0.1, 0.15) is 0 Å². The Morgan fingerprint density at radius 2 is 2.21 bits per heavy atom. The molecule has 0 saturated heterocycles. The van der Waals surface area contributed by atoms with Crippen molar-refractivity contribution in [3.05, 3.63) is 24.0 Å². The fraction of sp³-hybridized carbons (Fsp3) is 0.500. The summed E-state index contributed by atoms with van der Waals surface area (Å²) in [6.45, 7) is 4.46. The molecule has 19 heavy (non-hydrogen) atoms. The summed E-state index contributed by atoms with van der Waals surface area (Å²) in [5, 5.41) is 0. The summed E-state index contributed by atoms with van der Waals surface area (Å²) in [7, 11) is 1.63. The number of rotatable bonds is 6. The topological polar surface area (TPSA) is 55.6 Å². The highest BCUT2D eigenvalue weighted by molar-refractivity contribution is 5.94. The van der Waals surface area contributed by atoms with Crippen LogP contribution < -0.4 is 15.4 Å². The van der Waals surface area contributed by atoms with Crippen molar-refractivity contribution >= 4 is 11.6 Å². The first kappa shape index (κ1) is 15.4. The van der Waals surface area contributed by atoms with Gasteiger partial charge in [-0.3, -0.25) is 4.79 Å². The first-order chi connectivity index (χ1) is 9.01. The number of halogens is 1. The van der Waals surface area contributed by atoms with E-state index in [0.29, 0.717) is 25.3 Å². The first-order valence-corrected chi connectivity index (χ1v) is 6.41. The molecule has 0 heterocycles. The standard InChI is InChI=1S/C14H21FN2O2/c1-4-19-13-6-5-11(9-12(13)15)17(3)14(18)10(2)7-8-16/h5-6,9-10H,4,7-8,16H2,1-3H3. The van der Waals surface area contributed by atoms with Crippen LogP contribution in [0.5, 0.6) is 5.75 Å². The molecule has 1 amide bonds. The molecule has 1 rings (SSSR count). The van der Waals surface area contributed by atoms with Gasteiger partial charge in [0.05, 0.1) is 6.61 Å². The molecular weight excluding hydrogens is 247 g/mol. The highest BCUT2D eigenvalue weighted by Gasteiger charge is 2.19. The predicted molar refractivity (Wildman–Crippen MR) is 73.8 cm³/mol. The summed E-state index contributed by atoms with van der Waals surface area (Å²) in [4.78, 5) is 13.5. The van der Waals surface area contributed by atoms with E-state index in [1.165, 1.54) is 17.0 Å². The van der Waals surface area contributed by atoms with Crippen molar-refractivity contribution in [1.82, 2.24) is 0 Å². The number of carbonyl (C=O) groups is 1. The minimum absolute atomic E-state index is 0.0750. The molecule has 4 nitrogen and oxygen atoms in total. The Hall–Kier alpha value is -1.62. The van der Waals surface area contributed by atoms with E-state index in [2.05, 4.69) is 0 Å². The molecule has 1 aromatic carbocycles. The third-order valence-electron chi connectivity index (χ3n) is 2.95. The molecule has 1 unspecified atom stereocenters. The fourth-order valence-electron chi connectivity index (χ4n) is 1.80. The van der Waals surface area contributed by atoms with E-state index in [1.54, 1.807) is 20.0 Å². The lowest BCUT2D eigenvalue weighted by molar-refractivity contribution is -0.121. The first-order valence-electron chi connectivity index (χ1n) is 6.41. The predicted octanol–water partition coefficient (Wildman–Crippen LogP) is 2.17. The summed E-state index contributed by atoms with van der Waals surface area (Å²) in [6, 6.07) is 4.50. The zero-order chi connectivity index (χ0) is 14.4. The summed E-state index contributed by atoms with van der Waals surface area (Å²) < 4.78 is 18.8. The molecule has 106 valence electrons. The van der Waals surface area contributed by atoms with E-state index in [-0.39, 0.29) is 17.6 Å². The molecule has 0 aliphatic heterocycles. The summed E-state index contributed by atoms with van der Waals surface area (Å²) in [5.41, 5.74) is 5.95. The van der Waals surface area contributed by atoms with Crippen LogP contribution in [0, 0.1) is 11.7 Å². The van der Waals surface area contributed by atoms with Gasteiger partial charge in [0.15, 0.2) is 11.6 Å². The van der Waals surface area contributed by atoms with Gasteiger partial charge in [-0.25, -0.2) is 4.39 Å². The van der Waals surface area contributed by atoms with Crippen molar-refractivity contribution in [2.75, 3.05) is 25.1 Å². The van der Waals surface area contributed by atoms with E-state index in [4.69, 9.17) is 10.5 Å². The highest BCUT2D eigenvalue weighted by Crippen LogP contribution is 2.24. The second-order valence-electron chi connectivity index (χ2n) is 4.42. The number of hydrogen-bond donors (Lipinski definition) is 1. The monoisotopic (exact) mass is 268 g/mol. The number of amides is 1. The SMILES string of the molecule is CCOc1ccc(N(C)C(=O)C(C)CCN)cc1F. The van der Waals surface area contributed by atoms with Gasteiger partial charge in [0.25, 0.3) is 0 Å². The lowest BCUT2D eigenvalue weighted by Gasteiger charge is -2.21. The zero-order valence-electron chi connectivity index (χ0n) is 11.6.